The molecule has 2 aliphatic rings. The summed E-state index contributed by atoms with van der Waals surface area (Å²) in [6, 6.07) is 8.07. The van der Waals surface area contributed by atoms with Crippen molar-refractivity contribution in [2.75, 3.05) is 18.8 Å². The Morgan fingerprint density at radius 3 is 2.04 bits per heavy atom. The molecule has 3 heterocycles. The summed E-state index contributed by atoms with van der Waals surface area (Å²) in [6.45, 7) is 5.13. The number of H-pyrrole nitrogens is 1. The van der Waals surface area contributed by atoms with E-state index in [-0.39, 0.29) is 56.7 Å². The van der Waals surface area contributed by atoms with Crippen LogP contribution in [-0.4, -0.2) is 163 Å². The zero-order valence-electron chi connectivity index (χ0n) is 44.2. The lowest BCUT2D eigenvalue weighted by atomic mass is 9.93. The number of aliphatic hydroxyl groups is 2. The molecule has 1 aromatic heterocycles. The number of phenols is 1. The predicted octanol–water partition coefficient (Wildman–Crippen LogP) is -1.88. The van der Waals surface area contributed by atoms with Crippen molar-refractivity contribution in [3.8, 4) is 5.75 Å². The summed E-state index contributed by atoms with van der Waals surface area (Å²) in [7, 11) is 1.89. The lowest BCUT2D eigenvalue weighted by molar-refractivity contribution is -0.141. The maximum Gasteiger partial charge on any atom is 0.245 e. The molecular weight excluding hydrogens is 1060 g/mol. The largest absolute Gasteiger partial charge is 0.508 e. The van der Waals surface area contributed by atoms with E-state index in [1.54, 1.807) is 36.5 Å². The number of nitrogens with two attached hydrogens (primary N) is 3. The van der Waals surface area contributed by atoms with E-state index in [2.05, 4.69) is 42.2 Å². The highest BCUT2D eigenvalue weighted by Crippen LogP contribution is 2.39. The van der Waals surface area contributed by atoms with Gasteiger partial charge in [0.2, 0.25) is 53.2 Å². The summed E-state index contributed by atoms with van der Waals surface area (Å²) in [5, 5.41) is 50.8. The number of carbonyl (C=O) groups is 9. The Bertz CT molecular complexity index is 2870. The zero-order valence-corrected chi connectivity index (χ0v) is 45.8. The zero-order chi connectivity index (χ0) is 57.7. The van der Waals surface area contributed by atoms with Crippen LogP contribution >= 0.6 is 21.6 Å². The van der Waals surface area contributed by atoms with Crippen molar-refractivity contribution in [3.05, 3.63) is 101 Å². The highest BCUT2D eigenvalue weighted by molar-refractivity contribution is 8.77. The van der Waals surface area contributed by atoms with Crippen LogP contribution in [-0.2, 0) is 69.0 Å². The molecule has 0 spiro atoms. The van der Waals surface area contributed by atoms with Gasteiger partial charge in [0.25, 0.3) is 0 Å². The summed E-state index contributed by atoms with van der Waals surface area (Å²) >= 11 is 0. The molecular formula is C53H70N12O12S2. The number of aromatic nitrogens is 1. The minimum atomic E-state index is -1.79. The van der Waals surface area contributed by atoms with E-state index in [0.29, 0.717) is 22.0 Å². The Morgan fingerprint density at radius 1 is 0.772 bits per heavy atom. The highest BCUT2D eigenvalue weighted by Gasteiger charge is 2.43. The Labute approximate surface area is 464 Å². The molecule has 6 rings (SSSR count). The predicted molar refractivity (Wildman–Crippen MR) is 296 cm³/mol. The number of fused-ring (bicyclic) bond motifs is 2. The third kappa shape index (κ3) is 16.0. The summed E-state index contributed by atoms with van der Waals surface area (Å²) in [5.41, 5.74) is 20.6. The van der Waals surface area contributed by atoms with Gasteiger partial charge in [-0.25, -0.2) is 0 Å². The first-order chi connectivity index (χ1) is 37.5. The SMILES string of the molecule is C[C@@H](O)[C@H](NC(=O)C1NC(=O)[C@H]([C@@H](C)O)NC(=O)C(CCCN)NC(=O)[C@@H](Cc2c[nH]c3ccccc23)NC(=O)C(Cc2ccc(O)cc2)NC(=O)C(NC(=O)[C@H]2Cc3ccccc3CN2C(=O)CN)CSSC1(C)C)C(N)=O. The molecule has 1 fully saturated rings. The molecule has 24 nitrogen and oxygen atoms in total. The Kier molecular flexibility index (Phi) is 21.3. The molecule has 79 heavy (non-hydrogen) atoms. The highest BCUT2D eigenvalue weighted by atomic mass is 33.1. The number of hydrogen-bond acceptors (Lipinski definition) is 16. The van der Waals surface area contributed by atoms with Gasteiger partial charge in [-0.2, -0.15) is 0 Å². The Morgan fingerprint density at radius 2 is 1.39 bits per heavy atom. The van der Waals surface area contributed by atoms with Gasteiger partial charge >= 0.3 is 0 Å². The van der Waals surface area contributed by atoms with Crippen molar-refractivity contribution in [1.82, 2.24) is 47.1 Å². The van der Waals surface area contributed by atoms with Crippen LogP contribution < -0.4 is 54.4 Å². The number of para-hydroxylation sites is 1. The fraction of sp³-hybridized carbons (Fsp3) is 0.453. The van der Waals surface area contributed by atoms with Crippen molar-refractivity contribution in [1.29, 1.82) is 0 Å². The molecule has 4 aromatic rings. The van der Waals surface area contributed by atoms with Gasteiger partial charge in [-0.05, 0) is 87.5 Å². The van der Waals surface area contributed by atoms with Gasteiger partial charge in [0.05, 0.1) is 18.8 Å². The fourth-order valence-corrected chi connectivity index (χ4v) is 12.0. The number of nitrogens with one attached hydrogen (secondary N) is 8. The Balaban J connectivity index is 1.46. The smallest absolute Gasteiger partial charge is 0.245 e. The minimum Gasteiger partial charge on any atom is -0.508 e. The number of aromatic amines is 1. The number of hydrogen-bond donors (Lipinski definition) is 14. The van der Waals surface area contributed by atoms with Crippen molar-refractivity contribution in [3.63, 3.8) is 0 Å². The van der Waals surface area contributed by atoms with E-state index in [1.165, 1.54) is 56.9 Å². The first-order valence-corrected chi connectivity index (χ1v) is 28.0. The fourth-order valence-electron chi connectivity index (χ4n) is 9.22. The van der Waals surface area contributed by atoms with E-state index in [4.69, 9.17) is 17.2 Å². The monoisotopic (exact) mass is 1130 g/mol. The van der Waals surface area contributed by atoms with E-state index >= 15 is 4.79 Å². The first-order valence-electron chi connectivity index (χ1n) is 25.7. The van der Waals surface area contributed by atoms with Crippen LogP contribution in [0.2, 0.25) is 0 Å². The Hall–Kier alpha value is -7.23. The number of nitrogens with zero attached hydrogens (tertiary/aromatic N) is 1. The molecule has 9 amide bonds. The average molecular weight is 1130 g/mol. The third-order valence-electron chi connectivity index (χ3n) is 13.7. The summed E-state index contributed by atoms with van der Waals surface area (Å²) in [6.07, 6.45) is -1.72. The third-order valence-corrected chi connectivity index (χ3v) is 17.0. The maximum absolute atomic E-state index is 15.0. The second-order valence-corrected chi connectivity index (χ2v) is 23.1. The molecule has 0 saturated carbocycles. The van der Waals surface area contributed by atoms with Gasteiger partial charge in [-0.1, -0.05) is 76.2 Å². The van der Waals surface area contributed by atoms with Gasteiger partial charge in [-0.3, -0.25) is 43.2 Å². The average Bonchev–Trinajstić information content (AvgIpc) is 3.83. The number of rotatable bonds is 15. The van der Waals surface area contributed by atoms with Crippen molar-refractivity contribution in [2.24, 2.45) is 17.2 Å². The second kappa shape index (κ2) is 27.6. The van der Waals surface area contributed by atoms with E-state index in [9.17, 15) is 53.7 Å². The second-order valence-electron chi connectivity index (χ2n) is 20.1. The molecule has 17 N–H and O–H groups in total. The molecule has 0 aliphatic carbocycles. The topological polar surface area (TPSA) is 396 Å². The molecule has 3 aromatic carbocycles. The molecule has 10 atom stereocenters. The number of phenolic OH excluding ortho intramolecular Hbond substituents is 1. The van der Waals surface area contributed by atoms with Crippen LogP contribution in [0, 0.1) is 0 Å². The quantitative estimate of drug-likeness (QED) is 0.0580. The van der Waals surface area contributed by atoms with Gasteiger partial charge < -0.3 is 79.6 Å². The molecule has 26 heteroatoms. The van der Waals surface area contributed by atoms with Gasteiger partial charge in [-0.15, -0.1) is 0 Å². The van der Waals surface area contributed by atoms with Crippen molar-refractivity contribution in [2.45, 2.75) is 132 Å². The van der Waals surface area contributed by atoms with Gasteiger partial charge in [0.15, 0.2) is 0 Å². The molecule has 426 valence electrons. The van der Waals surface area contributed by atoms with Crippen LogP contribution in [0.5, 0.6) is 5.75 Å². The number of primary amides is 1. The number of amides is 9. The molecule has 1 saturated heterocycles. The van der Waals surface area contributed by atoms with E-state index in [0.717, 1.165) is 32.7 Å². The lowest BCUT2D eigenvalue weighted by Gasteiger charge is -2.37. The first kappa shape index (κ1) is 61.0. The minimum absolute atomic E-state index is 0.0380. The normalized spacial score (nSPS) is 23.7. The summed E-state index contributed by atoms with van der Waals surface area (Å²) in [4.78, 5) is 133. The molecule has 4 unspecified atom stereocenters. The van der Waals surface area contributed by atoms with Crippen LogP contribution in [0.25, 0.3) is 10.9 Å². The van der Waals surface area contributed by atoms with Crippen molar-refractivity contribution >= 4 is 85.7 Å². The van der Waals surface area contributed by atoms with Crippen molar-refractivity contribution < 1.29 is 58.5 Å². The lowest BCUT2D eigenvalue weighted by Crippen LogP contribution is -2.65. The number of carbonyl (C=O) groups excluding carboxylic acids is 9. The summed E-state index contributed by atoms with van der Waals surface area (Å²) < 4.78 is -1.47. The number of aliphatic hydroxyl groups excluding tert-OH is 2. The molecule has 0 radical (unpaired) electrons. The maximum atomic E-state index is 15.0. The standard InChI is InChI=1S/C53H70N12O12S2/c1-27(66)42(45(56)70)62-52(77)44-53(3,4)79-78-26-39(61-50(75)40-22-30-10-5-6-11-31(30)25-65(40)41(69)23-55)49(74)59-37(20-29-15-17-33(68)18-16-29)47(72)60-38(21-32-24-57-35-13-8-7-12-34(32)35)48(73)58-36(14-9-19-54)46(71)63-43(28(2)67)51(76)64-44/h5-8,10-13,15-18,24,27-28,36-40,42-44,57,66-68H,9,14,19-23,25-26,54-55H2,1-4H3,(H2,56,70)(H,58,73)(H,59,74)(H,60,72)(H,61,75)(H,62,77)(H,63,71)(H,64,76)/t27-,28-,36?,37?,38-,39?,40-,42+,43+,44?/m1/s1. The number of benzene rings is 3. The number of aromatic hydroxyl groups is 1. The molecule has 2 aliphatic heterocycles. The molecule has 0 bridgehead atoms. The van der Waals surface area contributed by atoms with Gasteiger partial charge in [0, 0.05) is 53.4 Å². The van der Waals surface area contributed by atoms with E-state index < -0.39 is 125 Å². The van der Waals surface area contributed by atoms with Crippen LogP contribution in [0.3, 0.4) is 0 Å². The summed E-state index contributed by atoms with van der Waals surface area (Å²) in [5.74, 6) is -8.51. The van der Waals surface area contributed by atoms with Crippen LogP contribution in [0.4, 0.5) is 0 Å². The van der Waals surface area contributed by atoms with E-state index in [1.807, 2.05) is 18.2 Å². The van der Waals surface area contributed by atoms with Gasteiger partial charge in [0.1, 0.15) is 54.1 Å². The van der Waals surface area contributed by atoms with Crippen LogP contribution in [0.15, 0.2) is 79.0 Å². The van der Waals surface area contributed by atoms with Crippen LogP contribution in [0.1, 0.15) is 62.8 Å².